The highest BCUT2D eigenvalue weighted by molar-refractivity contribution is 6.33. The first kappa shape index (κ1) is 37.4. The van der Waals surface area contributed by atoms with E-state index in [1.54, 1.807) is 19.4 Å². The molecule has 3 heterocycles. The predicted octanol–water partition coefficient (Wildman–Crippen LogP) is 5.04. The van der Waals surface area contributed by atoms with E-state index in [9.17, 15) is 9.59 Å². The van der Waals surface area contributed by atoms with Crippen molar-refractivity contribution in [1.82, 2.24) is 25.9 Å². The number of amides is 2. The zero-order valence-corrected chi connectivity index (χ0v) is 30.5. The molecule has 3 aromatic carbocycles. The second-order valence-electron chi connectivity index (χ2n) is 13.0. The minimum Gasteiger partial charge on any atom is -0.494 e. The number of rotatable bonds is 17. The van der Waals surface area contributed by atoms with Crippen LogP contribution in [-0.4, -0.2) is 80.3 Å². The van der Waals surface area contributed by atoms with Crippen LogP contribution in [0.4, 0.5) is 40.2 Å². The van der Waals surface area contributed by atoms with E-state index in [-0.39, 0.29) is 11.8 Å². The summed E-state index contributed by atoms with van der Waals surface area (Å²) in [5, 5.41) is 19.5. The number of ether oxygens (including phenoxy) is 2. The third-order valence-corrected chi connectivity index (χ3v) is 9.46. The molecule has 15 heteroatoms. The molecule has 0 spiro atoms. The van der Waals surface area contributed by atoms with Crippen LogP contribution in [0.5, 0.6) is 11.5 Å². The van der Waals surface area contributed by atoms with Gasteiger partial charge in [-0.25, -0.2) is 4.98 Å². The fraction of sp³-hybridized carbons (Fsp3) is 0.368. The van der Waals surface area contributed by atoms with E-state index in [1.165, 1.54) is 0 Å². The maximum Gasteiger partial charge on any atom is 0.249 e. The summed E-state index contributed by atoms with van der Waals surface area (Å²) in [6.45, 7) is 5.17. The Kier molecular flexibility index (Phi) is 13.0. The van der Waals surface area contributed by atoms with Crippen LogP contribution in [0.3, 0.4) is 0 Å². The van der Waals surface area contributed by atoms with E-state index in [0.29, 0.717) is 59.4 Å². The molecule has 4 aromatic rings. The van der Waals surface area contributed by atoms with Crippen LogP contribution in [0.25, 0.3) is 0 Å². The van der Waals surface area contributed by atoms with Gasteiger partial charge in [-0.2, -0.15) is 4.98 Å². The monoisotopic (exact) mass is 742 g/mol. The largest absolute Gasteiger partial charge is 0.494 e. The van der Waals surface area contributed by atoms with E-state index in [2.05, 4.69) is 52.8 Å². The number of hydrogen-bond donors (Lipinski definition) is 7. The van der Waals surface area contributed by atoms with Crippen molar-refractivity contribution < 1.29 is 19.1 Å². The summed E-state index contributed by atoms with van der Waals surface area (Å²) < 4.78 is 11.6. The molecule has 2 fully saturated rings. The minimum absolute atomic E-state index is 0.220. The van der Waals surface area contributed by atoms with Gasteiger partial charge in [0.15, 0.2) is 5.82 Å². The highest BCUT2D eigenvalue weighted by Gasteiger charge is 2.26. The Hall–Kier alpha value is -5.31. The molecule has 2 aliphatic rings. The van der Waals surface area contributed by atoms with Crippen molar-refractivity contribution in [2.45, 2.75) is 44.2 Å². The van der Waals surface area contributed by atoms with Crippen molar-refractivity contribution in [3.8, 4) is 11.5 Å². The number of nitrogens with zero attached hydrogens (tertiary/aromatic N) is 3. The first-order chi connectivity index (χ1) is 25.8. The molecule has 53 heavy (non-hydrogen) atoms. The Morgan fingerprint density at radius 3 is 2.55 bits per heavy atom. The summed E-state index contributed by atoms with van der Waals surface area (Å²) >= 11 is 6.37. The molecule has 0 aliphatic carbocycles. The maximum atomic E-state index is 12.0. The predicted molar refractivity (Wildman–Crippen MR) is 210 cm³/mol. The Morgan fingerprint density at radius 1 is 0.962 bits per heavy atom. The van der Waals surface area contributed by atoms with Gasteiger partial charge in [0, 0.05) is 56.1 Å². The number of nitrogens with two attached hydrogens (primary N) is 1. The van der Waals surface area contributed by atoms with Crippen LogP contribution in [-0.2, 0) is 9.59 Å². The number of methoxy groups -OCH3 is 1. The van der Waals surface area contributed by atoms with Crippen molar-refractivity contribution in [2.24, 2.45) is 0 Å². The number of para-hydroxylation sites is 2. The molecule has 14 nitrogen and oxygen atoms in total. The van der Waals surface area contributed by atoms with Crippen molar-refractivity contribution in [3.63, 3.8) is 0 Å². The van der Waals surface area contributed by atoms with E-state index < -0.39 is 6.04 Å². The fourth-order valence-corrected chi connectivity index (χ4v) is 6.39. The SMILES string of the molecule is COc1cc(N2CCC(NCCNCCCOc3ccc(NC4CCC(=O)NC4=O)cc3)CC2)ccc1Nc1ncc(Cl)c(Nc2ccccc2N)n1. The van der Waals surface area contributed by atoms with Gasteiger partial charge in [0.05, 0.1) is 37.0 Å². The first-order valence-corrected chi connectivity index (χ1v) is 18.3. The van der Waals surface area contributed by atoms with Gasteiger partial charge in [-0.1, -0.05) is 23.7 Å². The third-order valence-electron chi connectivity index (χ3n) is 9.19. The highest BCUT2D eigenvalue weighted by Crippen LogP contribution is 2.34. The number of benzene rings is 3. The number of aromatic nitrogens is 2. The van der Waals surface area contributed by atoms with E-state index in [1.807, 2.05) is 54.6 Å². The lowest BCUT2D eigenvalue weighted by atomic mass is 10.0. The lowest BCUT2D eigenvalue weighted by molar-refractivity contribution is -0.133. The summed E-state index contributed by atoms with van der Waals surface area (Å²) in [6.07, 6.45) is 5.38. The minimum atomic E-state index is -0.399. The quantitative estimate of drug-likeness (QED) is 0.0435. The van der Waals surface area contributed by atoms with Gasteiger partial charge >= 0.3 is 0 Å². The first-order valence-electron chi connectivity index (χ1n) is 18.0. The molecule has 2 amide bonds. The molecule has 1 aromatic heterocycles. The van der Waals surface area contributed by atoms with Crippen molar-refractivity contribution in [3.05, 3.63) is 77.9 Å². The van der Waals surface area contributed by atoms with Crippen LogP contribution < -0.4 is 52.0 Å². The van der Waals surface area contributed by atoms with Crippen LogP contribution in [0.1, 0.15) is 32.1 Å². The molecule has 280 valence electrons. The summed E-state index contributed by atoms with van der Waals surface area (Å²) in [7, 11) is 1.65. The highest BCUT2D eigenvalue weighted by atomic mass is 35.5. The number of carbonyl (C=O) groups is 2. The molecule has 6 rings (SSSR count). The van der Waals surface area contributed by atoms with Crippen LogP contribution in [0.2, 0.25) is 5.02 Å². The number of piperidine rings is 2. The van der Waals surface area contributed by atoms with Gasteiger partial charge in [-0.15, -0.1) is 0 Å². The Balaban J connectivity index is 0.860. The second-order valence-corrected chi connectivity index (χ2v) is 13.4. The number of nitrogen functional groups attached to an aromatic ring is 1. The van der Waals surface area contributed by atoms with Crippen LogP contribution in [0, 0.1) is 0 Å². The average molecular weight is 743 g/mol. The normalized spacial score (nSPS) is 16.2. The van der Waals surface area contributed by atoms with Gasteiger partial charge < -0.3 is 46.7 Å². The van der Waals surface area contributed by atoms with Gasteiger partial charge in [-0.3, -0.25) is 14.9 Å². The van der Waals surface area contributed by atoms with Crippen LogP contribution in [0.15, 0.2) is 72.9 Å². The molecule has 8 N–H and O–H groups in total. The van der Waals surface area contributed by atoms with E-state index in [0.717, 1.165) is 74.8 Å². The molecule has 1 unspecified atom stereocenters. The smallest absolute Gasteiger partial charge is 0.249 e. The molecular formula is C38H47ClN10O4. The zero-order valence-electron chi connectivity index (χ0n) is 29.8. The second kappa shape index (κ2) is 18.4. The summed E-state index contributed by atoms with van der Waals surface area (Å²) in [4.78, 5) is 34.6. The van der Waals surface area contributed by atoms with Gasteiger partial charge in [0.2, 0.25) is 17.8 Å². The number of nitrogens with one attached hydrogen (secondary N) is 6. The standard InChI is InChI=1S/C38H47ClN10O4/c1-52-34-23-27(9-12-32(34)46-38-43-24-29(39)36(48-38)45-31-6-3-2-5-30(31)40)49-20-15-25(16-21-49)42-19-18-41-17-4-22-53-28-10-7-26(8-11-28)44-33-13-14-35(50)47-37(33)51/h2-3,5-12,23-25,33,41-42,44H,4,13-22,40H2,1H3,(H,47,50,51)(H2,43,45,46,48). The van der Waals surface area contributed by atoms with Crippen molar-refractivity contribution in [2.75, 3.05) is 73.0 Å². The Bertz CT molecular complexity index is 1840. The van der Waals surface area contributed by atoms with Gasteiger partial charge in [0.1, 0.15) is 22.6 Å². The van der Waals surface area contributed by atoms with Crippen LogP contribution >= 0.6 is 11.6 Å². The molecule has 0 radical (unpaired) electrons. The van der Waals surface area contributed by atoms with E-state index >= 15 is 0 Å². The number of halogens is 1. The summed E-state index contributed by atoms with van der Waals surface area (Å²) in [5.74, 6) is 1.79. The molecule has 0 bridgehead atoms. The number of imide groups is 1. The summed E-state index contributed by atoms with van der Waals surface area (Å²) in [5.41, 5.74) is 10.0. The molecular weight excluding hydrogens is 696 g/mol. The zero-order chi connectivity index (χ0) is 37.0. The molecule has 1 atom stereocenters. The average Bonchev–Trinajstić information content (AvgIpc) is 3.17. The Morgan fingerprint density at radius 2 is 1.77 bits per heavy atom. The Labute approximate surface area is 314 Å². The van der Waals surface area contributed by atoms with Crippen molar-refractivity contribution >= 4 is 63.6 Å². The van der Waals surface area contributed by atoms with Crippen molar-refractivity contribution in [1.29, 1.82) is 0 Å². The fourth-order valence-electron chi connectivity index (χ4n) is 6.25. The summed E-state index contributed by atoms with van der Waals surface area (Å²) in [6, 6.07) is 21.1. The molecule has 0 saturated carbocycles. The van der Waals surface area contributed by atoms with Gasteiger partial charge in [0.25, 0.3) is 0 Å². The topological polar surface area (TPSA) is 180 Å². The number of hydrogen-bond acceptors (Lipinski definition) is 13. The lowest BCUT2D eigenvalue weighted by Gasteiger charge is -2.34. The van der Waals surface area contributed by atoms with Gasteiger partial charge in [-0.05, 0) is 80.8 Å². The lowest BCUT2D eigenvalue weighted by Crippen LogP contribution is -2.47. The number of anilines is 7. The number of carbonyl (C=O) groups excluding carboxylic acids is 2. The molecule has 2 aliphatic heterocycles. The molecule has 2 saturated heterocycles. The van der Waals surface area contributed by atoms with E-state index in [4.69, 9.17) is 26.8 Å². The maximum absolute atomic E-state index is 12.0. The third kappa shape index (κ3) is 10.6.